The molecule has 0 saturated carbocycles. The molecule has 0 aromatic heterocycles. The monoisotopic (exact) mass is 314 g/mol. The van der Waals surface area contributed by atoms with Crippen molar-refractivity contribution in [1.82, 2.24) is 5.32 Å². The summed E-state index contributed by atoms with van der Waals surface area (Å²) >= 11 is 0. The highest BCUT2D eigenvalue weighted by Gasteiger charge is 2.66. The third kappa shape index (κ3) is 2.02. The number of carbonyl (C=O) groups excluding carboxylic acids is 2. The zero-order chi connectivity index (χ0) is 16.0. The van der Waals surface area contributed by atoms with Gasteiger partial charge in [-0.15, -0.1) is 0 Å². The van der Waals surface area contributed by atoms with Gasteiger partial charge >= 0.3 is 0 Å². The number of rotatable bonds is 4. The first-order valence-electron chi connectivity index (χ1n) is 7.78. The van der Waals surface area contributed by atoms with Crippen LogP contribution in [0.4, 0.5) is 5.69 Å². The second kappa shape index (κ2) is 5.18. The van der Waals surface area contributed by atoms with Crippen molar-refractivity contribution < 1.29 is 19.4 Å². The lowest BCUT2D eigenvalue weighted by molar-refractivity contribution is -0.132. The van der Waals surface area contributed by atoms with Gasteiger partial charge in [0.15, 0.2) is 0 Å². The molecule has 3 aliphatic heterocycles. The van der Waals surface area contributed by atoms with E-state index < -0.39 is 17.4 Å². The third-order valence-electron chi connectivity index (χ3n) is 4.88. The van der Waals surface area contributed by atoms with E-state index in [9.17, 15) is 9.59 Å². The van der Waals surface area contributed by atoms with Gasteiger partial charge in [-0.1, -0.05) is 30.4 Å². The zero-order valence-corrected chi connectivity index (χ0v) is 12.5. The van der Waals surface area contributed by atoms with Crippen molar-refractivity contribution in [2.24, 2.45) is 11.8 Å². The number of ether oxygens (including phenoxy) is 1. The Labute approximate surface area is 133 Å². The maximum Gasteiger partial charge on any atom is 0.234 e. The maximum atomic E-state index is 12.9. The van der Waals surface area contributed by atoms with Gasteiger partial charge in [0.05, 0.1) is 31.1 Å². The van der Waals surface area contributed by atoms with Crippen molar-refractivity contribution in [2.45, 2.75) is 11.7 Å². The number of anilines is 1. The number of aliphatic hydroxyl groups excluding tert-OH is 1. The smallest absolute Gasteiger partial charge is 0.234 e. The van der Waals surface area contributed by atoms with Gasteiger partial charge in [0, 0.05) is 12.2 Å². The number of hydrogen-bond donors (Lipinski definition) is 2. The summed E-state index contributed by atoms with van der Waals surface area (Å²) in [6.45, 7) is 0.485. The number of nitrogens with zero attached hydrogens (tertiary/aromatic N) is 1. The molecule has 4 atom stereocenters. The number of carbonyl (C=O) groups is 2. The molecule has 2 bridgehead atoms. The quantitative estimate of drug-likeness (QED) is 0.772. The number of hydrogen-bond acceptors (Lipinski definition) is 4. The minimum Gasteiger partial charge on any atom is -0.395 e. The number of amides is 2. The Morgan fingerprint density at radius 1 is 1.39 bits per heavy atom. The molecule has 1 spiro atoms. The number of aliphatic hydroxyl groups is 1. The lowest BCUT2D eigenvalue weighted by Gasteiger charge is -2.23. The van der Waals surface area contributed by atoms with E-state index in [-0.39, 0.29) is 31.1 Å². The van der Waals surface area contributed by atoms with Gasteiger partial charge in [-0.2, -0.15) is 0 Å². The second-order valence-corrected chi connectivity index (χ2v) is 6.17. The Kier molecular flexibility index (Phi) is 3.25. The lowest BCUT2D eigenvalue weighted by atomic mass is 9.77. The van der Waals surface area contributed by atoms with E-state index >= 15 is 0 Å². The number of fused-ring (bicyclic) bond motifs is 1. The van der Waals surface area contributed by atoms with Gasteiger partial charge in [-0.05, 0) is 12.1 Å². The highest BCUT2D eigenvalue weighted by atomic mass is 16.5. The first kappa shape index (κ1) is 14.4. The molecule has 1 aromatic carbocycles. The van der Waals surface area contributed by atoms with E-state index in [1.807, 2.05) is 42.5 Å². The molecule has 2 amide bonds. The topological polar surface area (TPSA) is 78.9 Å². The SMILES string of the molecule is O=C(NCCO)[C@H]1[C@H]2C=C[C@@]3(CN(c4ccccc4)C(=O)[C@@H]13)O2. The van der Waals surface area contributed by atoms with Crippen molar-refractivity contribution in [2.75, 3.05) is 24.6 Å². The average Bonchev–Trinajstić information content (AvgIpc) is 3.22. The molecule has 2 fully saturated rings. The van der Waals surface area contributed by atoms with Crippen LogP contribution in [0.2, 0.25) is 0 Å². The van der Waals surface area contributed by atoms with E-state index in [1.165, 1.54) is 0 Å². The summed E-state index contributed by atoms with van der Waals surface area (Å²) in [5, 5.41) is 11.6. The van der Waals surface area contributed by atoms with Crippen LogP contribution in [0.15, 0.2) is 42.5 Å². The summed E-state index contributed by atoms with van der Waals surface area (Å²) in [6.07, 6.45) is 3.45. The fourth-order valence-electron chi connectivity index (χ4n) is 3.92. The van der Waals surface area contributed by atoms with Crippen LogP contribution in [-0.2, 0) is 14.3 Å². The molecule has 0 radical (unpaired) electrons. The Morgan fingerprint density at radius 3 is 2.91 bits per heavy atom. The van der Waals surface area contributed by atoms with Gasteiger partial charge in [-0.25, -0.2) is 0 Å². The first-order chi connectivity index (χ1) is 11.2. The van der Waals surface area contributed by atoms with Crippen LogP contribution in [-0.4, -0.2) is 48.3 Å². The highest BCUT2D eigenvalue weighted by Crippen LogP contribution is 2.52. The van der Waals surface area contributed by atoms with Crippen LogP contribution in [0.1, 0.15) is 0 Å². The maximum absolute atomic E-state index is 12.9. The summed E-state index contributed by atoms with van der Waals surface area (Å²) in [5.41, 5.74) is 0.106. The third-order valence-corrected chi connectivity index (χ3v) is 4.88. The molecule has 2 N–H and O–H groups in total. The Morgan fingerprint density at radius 2 is 2.17 bits per heavy atom. The van der Waals surface area contributed by atoms with E-state index in [1.54, 1.807) is 4.90 Å². The molecular formula is C17H18N2O4. The minimum absolute atomic E-state index is 0.0767. The van der Waals surface area contributed by atoms with Crippen LogP contribution < -0.4 is 10.2 Å². The van der Waals surface area contributed by atoms with E-state index in [0.717, 1.165) is 5.69 Å². The predicted molar refractivity (Wildman–Crippen MR) is 82.6 cm³/mol. The normalized spacial score (nSPS) is 34.0. The zero-order valence-electron chi connectivity index (χ0n) is 12.5. The molecule has 23 heavy (non-hydrogen) atoms. The van der Waals surface area contributed by atoms with Crippen LogP contribution in [0.3, 0.4) is 0 Å². The summed E-state index contributed by atoms with van der Waals surface area (Å²) in [5.74, 6) is -1.35. The van der Waals surface area contributed by atoms with Gasteiger partial charge < -0.3 is 20.1 Å². The van der Waals surface area contributed by atoms with Crippen LogP contribution >= 0.6 is 0 Å². The molecule has 3 heterocycles. The highest BCUT2D eigenvalue weighted by molar-refractivity contribution is 6.03. The van der Waals surface area contributed by atoms with Crippen LogP contribution in [0.5, 0.6) is 0 Å². The molecule has 120 valence electrons. The first-order valence-corrected chi connectivity index (χ1v) is 7.78. The van der Waals surface area contributed by atoms with Crippen molar-refractivity contribution in [3.8, 4) is 0 Å². The molecule has 3 aliphatic rings. The molecule has 2 saturated heterocycles. The second-order valence-electron chi connectivity index (χ2n) is 6.17. The van der Waals surface area contributed by atoms with Crippen molar-refractivity contribution in [1.29, 1.82) is 0 Å². The van der Waals surface area contributed by atoms with Crippen molar-refractivity contribution in [3.63, 3.8) is 0 Å². The minimum atomic E-state index is -0.710. The fraction of sp³-hybridized carbons (Fsp3) is 0.412. The predicted octanol–water partition coefficient (Wildman–Crippen LogP) is 0.0815. The Bertz CT molecular complexity index is 674. The molecule has 0 unspecified atom stereocenters. The van der Waals surface area contributed by atoms with Gasteiger partial charge in [-0.3, -0.25) is 9.59 Å². The largest absolute Gasteiger partial charge is 0.395 e. The Hall–Kier alpha value is -2.18. The van der Waals surface area contributed by atoms with Crippen LogP contribution in [0, 0.1) is 11.8 Å². The standard InChI is InChI=1S/C17H18N2O4/c20-9-8-18-15(21)13-12-6-7-17(23-12)10-19(16(22)14(13)17)11-4-2-1-3-5-11/h1-7,12-14,20H,8-10H2,(H,18,21)/t12-,13+,14-,17+/m1/s1. The lowest BCUT2D eigenvalue weighted by Crippen LogP contribution is -2.44. The van der Waals surface area contributed by atoms with Crippen LogP contribution in [0.25, 0.3) is 0 Å². The molecule has 6 nitrogen and oxygen atoms in total. The summed E-state index contributed by atoms with van der Waals surface area (Å²) in [4.78, 5) is 27.1. The van der Waals surface area contributed by atoms with E-state index in [2.05, 4.69) is 5.32 Å². The van der Waals surface area contributed by atoms with Gasteiger partial charge in [0.1, 0.15) is 5.60 Å². The Balaban J connectivity index is 1.65. The fourth-order valence-corrected chi connectivity index (χ4v) is 3.92. The molecule has 6 heteroatoms. The van der Waals surface area contributed by atoms with Crippen molar-refractivity contribution in [3.05, 3.63) is 42.5 Å². The van der Waals surface area contributed by atoms with Gasteiger partial charge in [0.2, 0.25) is 11.8 Å². The number of benzene rings is 1. The summed E-state index contributed by atoms with van der Waals surface area (Å²) in [7, 11) is 0. The molecular weight excluding hydrogens is 296 g/mol. The molecule has 1 aromatic rings. The average molecular weight is 314 g/mol. The van der Waals surface area contributed by atoms with Crippen molar-refractivity contribution >= 4 is 17.5 Å². The number of nitrogens with one attached hydrogen (secondary N) is 1. The summed E-state index contributed by atoms with van der Waals surface area (Å²) < 4.78 is 6.02. The summed E-state index contributed by atoms with van der Waals surface area (Å²) in [6, 6.07) is 9.43. The van der Waals surface area contributed by atoms with E-state index in [4.69, 9.17) is 9.84 Å². The number of para-hydroxylation sites is 1. The molecule has 4 rings (SSSR count). The van der Waals surface area contributed by atoms with E-state index in [0.29, 0.717) is 6.54 Å². The van der Waals surface area contributed by atoms with Gasteiger partial charge in [0.25, 0.3) is 0 Å². The molecule has 0 aliphatic carbocycles.